The van der Waals surface area contributed by atoms with Crippen molar-refractivity contribution >= 4 is 21.4 Å². The van der Waals surface area contributed by atoms with E-state index in [1.807, 2.05) is 17.5 Å². The lowest BCUT2D eigenvalue weighted by molar-refractivity contribution is -0.00266. The molecule has 2 aromatic rings. The second-order valence-electron chi connectivity index (χ2n) is 6.30. The van der Waals surface area contributed by atoms with E-state index in [0.29, 0.717) is 24.6 Å². The van der Waals surface area contributed by atoms with Crippen LogP contribution in [0.5, 0.6) is 0 Å². The highest BCUT2D eigenvalue weighted by Gasteiger charge is 2.32. The minimum absolute atomic E-state index is 0.284. The fourth-order valence-corrected chi connectivity index (χ4v) is 5.48. The zero-order valence-corrected chi connectivity index (χ0v) is 15.5. The molecule has 0 amide bonds. The van der Waals surface area contributed by atoms with Crippen LogP contribution >= 0.6 is 11.3 Å². The van der Waals surface area contributed by atoms with Crippen molar-refractivity contribution in [1.29, 1.82) is 0 Å². The van der Waals surface area contributed by atoms with Gasteiger partial charge in [-0.3, -0.25) is 0 Å². The smallest absolute Gasteiger partial charge is 0.243 e. The molecule has 8 heteroatoms. The van der Waals surface area contributed by atoms with Crippen molar-refractivity contribution in [2.24, 2.45) is 0 Å². The Balaban J connectivity index is 1.59. The molecule has 3 heterocycles. The van der Waals surface area contributed by atoms with Crippen LogP contribution in [0.4, 0.5) is 0 Å². The third kappa shape index (κ3) is 3.50. The zero-order chi connectivity index (χ0) is 17.3. The minimum atomic E-state index is -3.52. The van der Waals surface area contributed by atoms with Crippen LogP contribution in [0.3, 0.4) is 0 Å². The topological polar surface area (TPSA) is 71.5 Å². The molecule has 25 heavy (non-hydrogen) atoms. The number of aryl methyl sites for hydroxylation is 1. The van der Waals surface area contributed by atoms with E-state index in [9.17, 15) is 8.42 Å². The summed E-state index contributed by atoms with van der Waals surface area (Å²) in [5, 5.41) is 6.07. The summed E-state index contributed by atoms with van der Waals surface area (Å²) in [7, 11) is -3.52. The molecular weight excluding hydrogens is 358 g/mol. The van der Waals surface area contributed by atoms with Gasteiger partial charge < -0.3 is 10.1 Å². The molecule has 1 aromatic heterocycles. The van der Waals surface area contributed by atoms with Gasteiger partial charge in [-0.1, -0.05) is 6.07 Å². The Bertz CT molecular complexity index is 837. The van der Waals surface area contributed by atoms with Gasteiger partial charge in [0.15, 0.2) is 0 Å². The Hall–Kier alpha value is -1.32. The van der Waals surface area contributed by atoms with Gasteiger partial charge >= 0.3 is 0 Å². The number of nitrogens with one attached hydrogen (secondary N) is 1. The largest absolute Gasteiger partial charge is 0.368 e. The standard InChI is InChI=1S/C17H21N3O3S2/c21-25(22,15-4-3-14-11-18-5-1-2-13(14)10-15)20-7-8-23-16(12-20)17-19-6-9-24-17/h3-4,6,9-10,16,18H,1-2,5,7-8,11-12H2. The van der Waals surface area contributed by atoms with Gasteiger partial charge in [0.1, 0.15) is 11.1 Å². The molecular formula is C17H21N3O3S2. The summed E-state index contributed by atoms with van der Waals surface area (Å²) in [6.07, 6.45) is 3.38. The molecule has 134 valence electrons. The first-order valence-corrected chi connectivity index (χ1v) is 10.8. The maximum atomic E-state index is 13.1. The number of aromatic nitrogens is 1. The molecule has 0 saturated carbocycles. The maximum Gasteiger partial charge on any atom is 0.243 e. The third-order valence-electron chi connectivity index (χ3n) is 4.69. The summed E-state index contributed by atoms with van der Waals surface area (Å²) in [5.41, 5.74) is 2.33. The lowest BCUT2D eigenvalue weighted by Gasteiger charge is -2.31. The normalized spacial score (nSPS) is 22.3. The molecule has 2 aliphatic heterocycles. The molecule has 0 aliphatic carbocycles. The number of hydrogen-bond acceptors (Lipinski definition) is 6. The zero-order valence-electron chi connectivity index (χ0n) is 13.8. The predicted octanol–water partition coefficient (Wildman–Crippen LogP) is 1.94. The first kappa shape index (κ1) is 17.1. The average molecular weight is 380 g/mol. The van der Waals surface area contributed by atoms with Crippen molar-refractivity contribution in [2.75, 3.05) is 26.2 Å². The van der Waals surface area contributed by atoms with Gasteiger partial charge in [-0.05, 0) is 42.6 Å². The molecule has 1 fully saturated rings. The number of hydrogen-bond donors (Lipinski definition) is 1. The fourth-order valence-electron chi connectivity index (χ4n) is 3.33. The molecule has 0 radical (unpaired) electrons. The summed E-state index contributed by atoms with van der Waals surface area (Å²) in [6.45, 7) is 2.85. The summed E-state index contributed by atoms with van der Waals surface area (Å²) in [6, 6.07) is 5.53. The van der Waals surface area contributed by atoms with E-state index in [2.05, 4.69) is 10.3 Å². The number of morpholine rings is 1. The van der Waals surface area contributed by atoms with Crippen molar-refractivity contribution in [3.63, 3.8) is 0 Å². The van der Waals surface area contributed by atoms with Crippen LogP contribution in [0, 0.1) is 0 Å². The highest BCUT2D eigenvalue weighted by Crippen LogP contribution is 2.28. The van der Waals surface area contributed by atoms with Gasteiger partial charge in [0.05, 0.1) is 11.5 Å². The summed E-state index contributed by atoms with van der Waals surface area (Å²) >= 11 is 1.49. The second kappa shape index (κ2) is 7.13. The highest BCUT2D eigenvalue weighted by molar-refractivity contribution is 7.89. The van der Waals surface area contributed by atoms with Gasteiger partial charge in [0.25, 0.3) is 0 Å². The summed E-state index contributed by atoms with van der Waals surface area (Å²) in [4.78, 5) is 4.64. The Morgan fingerprint density at radius 1 is 1.32 bits per heavy atom. The molecule has 1 unspecified atom stereocenters. The highest BCUT2D eigenvalue weighted by atomic mass is 32.2. The van der Waals surface area contributed by atoms with Gasteiger partial charge in [-0.25, -0.2) is 13.4 Å². The average Bonchev–Trinajstić information content (AvgIpc) is 3.07. The number of thiazole rings is 1. The van der Waals surface area contributed by atoms with Gasteiger partial charge in [0.2, 0.25) is 10.0 Å². The molecule has 1 aromatic carbocycles. The van der Waals surface area contributed by atoms with E-state index in [-0.39, 0.29) is 6.10 Å². The molecule has 0 bridgehead atoms. The summed E-state index contributed by atoms with van der Waals surface area (Å²) < 4.78 is 33.5. The van der Waals surface area contributed by atoms with E-state index in [4.69, 9.17) is 4.74 Å². The van der Waals surface area contributed by atoms with Crippen LogP contribution in [-0.4, -0.2) is 43.9 Å². The van der Waals surface area contributed by atoms with Crippen LogP contribution in [-0.2, 0) is 27.7 Å². The minimum Gasteiger partial charge on any atom is -0.368 e. The first-order valence-electron chi connectivity index (χ1n) is 8.48. The number of rotatable bonds is 3. The van der Waals surface area contributed by atoms with Crippen molar-refractivity contribution < 1.29 is 13.2 Å². The maximum absolute atomic E-state index is 13.1. The molecule has 2 aliphatic rings. The van der Waals surface area contributed by atoms with Gasteiger partial charge in [0, 0.05) is 31.2 Å². The quantitative estimate of drug-likeness (QED) is 0.882. The monoisotopic (exact) mass is 379 g/mol. The molecule has 4 rings (SSSR count). The molecule has 1 N–H and O–H groups in total. The fraction of sp³-hybridized carbons (Fsp3) is 0.471. The van der Waals surface area contributed by atoms with E-state index in [0.717, 1.165) is 36.5 Å². The van der Waals surface area contributed by atoms with Crippen molar-refractivity contribution in [3.05, 3.63) is 45.9 Å². The lowest BCUT2D eigenvalue weighted by Crippen LogP contribution is -2.42. The Kier molecular flexibility index (Phi) is 4.88. The van der Waals surface area contributed by atoms with Crippen LogP contribution in [0.1, 0.15) is 28.7 Å². The number of benzene rings is 1. The number of ether oxygens (including phenoxy) is 1. The number of fused-ring (bicyclic) bond motifs is 1. The molecule has 1 atom stereocenters. The van der Waals surface area contributed by atoms with Crippen molar-refractivity contribution in [1.82, 2.24) is 14.6 Å². The van der Waals surface area contributed by atoms with E-state index < -0.39 is 10.0 Å². The number of sulfonamides is 1. The molecule has 0 spiro atoms. The molecule has 1 saturated heterocycles. The van der Waals surface area contributed by atoms with Gasteiger partial charge in [-0.15, -0.1) is 11.3 Å². The van der Waals surface area contributed by atoms with Crippen LogP contribution in [0.25, 0.3) is 0 Å². The Morgan fingerprint density at radius 3 is 3.08 bits per heavy atom. The van der Waals surface area contributed by atoms with Crippen LogP contribution < -0.4 is 5.32 Å². The van der Waals surface area contributed by atoms with E-state index in [1.54, 1.807) is 12.3 Å². The van der Waals surface area contributed by atoms with Crippen LogP contribution in [0.2, 0.25) is 0 Å². The lowest BCUT2D eigenvalue weighted by atomic mass is 10.0. The van der Waals surface area contributed by atoms with E-state index >= 15 is 0 Å². The van der Waals surface area contributed by atoms with Crippen LogP contribution in [0.15, 0.2) is 34.7 Å². The van der Waals surface area contributed by atoms with Crippen molar-refractivity contribution in [3.8, 4) is 0 Å². The van der Waals surface area contributed by atoms with E-state index in [1.165, 1.54) is 21.2 Å². The van der Waals surface area contributed by atoms with Crippen molar-refractivity contribution in [2.45, 2.75) is 30.4 Å². The third-order valence-corrected chi connectivity index (χ3v) is 7.42. The Morgan fingerprint density at radius 2 is 2.24 bits per heavy atom. The first-order chi connectivity index (χ1) is 12.1. The Labute approximate surface area is 151 Å². The predicted molar refractivity (Wildman–Crippen MR) is 96.0 cm³/mol. The van der Waals surface area contributed by atoms with Gasteiger partial charge in [-0.2, -0.15) is 4.31 Å². The number of nitrogens with zero attached hydrogens (tertiary/aromatic N) is 2. The second-order valence-corrected chi connectivity index (χ2v) is 9.17. The molecule has 6 nitrogen and oxygen atoms in total. The SMILES string of the molecule is O=S(=O)(c1ccc2c(c1)CCCNC2)N1CCOC(c2nccs2)C1. The summed E-state index contributed by atoms with van der Waals surface area (Å²) in [5.74, 6) is 0.